The van der Waals surface area contributed by atoms with E-state index >= 15 is 0 Å². The first-order valence-electron chi connectivity index (χ1n) is 4.87. The van der Waals surface area contributed by atoms with Gasteiger partial charge in [-0.25, -0.2) is 0 Å². The van der Waals surface area contributed by atoms with Crippen molar-refractivity contribution >= 4 is 5.82 Å². The summed E-state index contributed by atoms with van der Waals surface area (Å²) >= 11 is 0. The number of H-pyrrole nitrogens is 1. The lowest BCUT2D eigenvalue weighted by Gasteiger charge is -2.04. The van der Waals surface area contributed by atoms with Crippen LogP contribution in [0, 0.1) is 18.3 Å². The monoisotopic (exact) mass is 216 g/mol. The number of aromatic amines is 1. The Morgan fingerprint density at radius 2 is 2.44 bits per heavy atom. The summed E-state index contributed by atoms with van der Waals surface area (Å²) in [4.78, 5) is 0. The van der Waals surface area contributed by atoms with E-state index in [0.29, 0.717) is 12.1 Å². The van der Waals surface area contributed by atoms with E-state index in [0.717, 1.165) is 17.1 Å². The molecule has 0 aliphatic rings. The van der Waals surface area contributed by atoms with Crippen LogP contribution in [-0.2, 0) is 13.6 Å². The van der Waals surface area contributed by atoms with Gasteiger partial charge in [0.1, 0.15) is 17.5 Å². The summed E-state index contributed by atoms with van der Waals surface area (Å²) in [5, 5.41) is 23.0. The molecule has 0 aliphatic heterocycles. The van der Waals surface area contributed by atoms with Gasteiger partial charge >= 0.3 is 0 Å². The maximum Gasteiger partial charge on any atom is 0.142 e. The summed E-state index contributed by atoms with van der Waals surface area (Å²) in [5.74, 6) is 0.737. The van der Waals surface area contributed by atoms with Crippen molar-refractivity contribution in [3.8, 4) is 6.07 Å². The number of aromatic nitrogens is 4. The van der Waals surface area contributed by atoms with Crippen molar-refractivity contribution in [1.29, 1.82) is 5.26 Å². The van der Waals surface area contributed by atoms with Crippen molar-refractivity contribution in [3.63, 3.8) is 0 Å². The number of aryl methyl sites for hydroxylation is 2. The zero-order valence-electron chi connectivity index (χ0n) is 9.15. The van der Waals surface area contributed by atoms with Crippen LogP contribution in [0.5, 0.6) is 0 Å². The van der Waals surface area contributed by atoms with Gasteiger partial charge < -0.3 is 5.32 Å². The third-order valence-corrected chi connectivity index (χ3v) is 2.35. The van der Waals surface area contributed by atoms with Gasteiger partial charge in [-0.15, -0.1) is 0 Å². The molecule has 0 fully saturated rings. The Kier molecular flexibility index (Phi) is 2.60. The lowest BCUT2D eigenvalue weighted by atomic mass is 10.2. The van der Waals surface area contributed by atoms with Crippen LogP contribution in [0.1, 0.15) is 16.8 Å². The Labute approximate surface area is 92.9 Å². The fourth-order valence-electron chi connectivity index (χ4n) is 1.55. The SMILES string of the molecule is Cc1nn(C)c(NCc2cn[nH]c2)c1C#N. The highest BCUT2D eigenvalue weighted by Crippen LogP contribution is 2.17. The molecular weight excluding hydrogens is 204 g/mol. The average Bonchev–Trinajstić information content (AvgIpc) is 2.83. The van der Waals surface area contributed by atoms with Crippen LogP contribution >= 0.6 is 0 Å². The molecular formula is C10H12N6. The summed E-state index contributed by atoms with van der Waals surface area (Å²) in [6.07, 6.45) is 3.55. The number of hydrogen-bond acceptors (Lipinski definition) is 4. The van der Waals surface area contributed by atoms with Crippen LogP contribution < -0.4 is 5.32 Å². The molecule has 0 saturated carbocycles. The van der Waals surface area contributed by atoms with Crippen LogP contribution in [0.25, 0.3) is 0 Å². The standard InChI is InChI=1S/C10H12N6/c1-7-9(3-11)10(16(2)15-7)12-4-8-5-13-14-6-8/h5-6,12H,4H2,1-2H3,(H,13,14). The van der Waals surface area contributed by atoms with Gasteiger partial charge in [-0.3, -0.25) is 9.78 Å². The van der Waals surface area contributed by atoms with Crippen LogP contribution in [0.3, 0.4) is 0 Å². The molecule has 6 heteroatoms. The van der Waals surface area contributed by atoms with Crippen molar-refractivity contribution in [1.82, 2.24) is 20.0 Å². The van der Waals surface area contributed by atoms with Crippen LogP contribution in [0.15, 0.2) is 12.4 Å². The predicted octanol–water partition coefficient (Wildman–Crippen LogP) is 0.935. The van der Waals surface area contributed by atoms with E-state index in [9.17, 15) is 0 Å². The average molecular weight is 216 g/mol. The largest absolute Gasteiger partial charge is 0.365 e. The van der Waals surface area contributed by atoms with E-state index in [4.69, 9.17) is 5.26 Å². The quantitative estimate of drug-likeness (QED) is 0.799. The van der Waals surface area contributed by atoms with Gasteiger partial charge in [0, 0.05) is 25.4 Å². The fourth-order valence-corrected chi connectivity index (χ4v) is 1.55. The smallest absolute Gasteiger partial charge is 0.142 e. The summed E-state index contributed by atoms with van der Waals surface area (Å²) in [5.41, 5.74) is 2.36. The summed E-state index contributed by atoms with van der Waals surface area (Å²) in [7, 11) is 1.81. The Hall–Kier alpha value is -2.29. The van der Waals surface area contributed by atoms with Crippen molar-refractivity contribution in [2.24, 2.45) is 7.05 Å². The van der Waals surface area contributed by atoms with E-state index in [1.165, 1.54) is 0 Å². The first kappa shape index (κ1) is 10.2. The normalized spacial score (nSPS) is 10.1. The summed E-state index contributed by atoms with van der Waals surface area (Å²) < 4.78 is 1.67. The van der Waals surface area contributed by atoms with Gasteiger partial charge in [0.25, 0.3) is 0 Å². The molecule has 6 nitrogen and oxygen atoms in total. The molecule has 2 rings (SSSR count). The molecule has 0 atom stereocenters. The van der Waals surface area contributed by atoms with Crippen LogP contribution in [0.4, 0.5) is 5.82 Å². The molecule has 2 aromatic heterocycles. The zero-order valence-corrected chi connectivity index (χ0v) is 9.15. The van der Waals surface area contributed by atoms with Crippen molar-refractivity contribution in [2.45, 2.75) is 13.5 Å². The Morgan fingerprint density at radius 3 is 3.06 bits per heavy atom. The van der Waals surface area contributed by atoms with Gasteiger partial charge in [0.05, 0.1) is 11.9 Å². The van der Waals surface area contributed by atoms with E-state index < -0.39 is 0 Å². The molecule has 2 heterocycles. The van der Waals surface area contributed by atoms with Crippen LogP contribution in [-0.4, -0.2) is 20.0 Å². The molecule has 2 aromatic rings. The lowest BCUT2D eigenvalue weighted by Crippen LogP contribution is -2.05. The van der Waals surface area contributed by atoms with E-state index in [1.807, 2.05) is 20.2 Å². The summed E-state index contributed by atoms with van der Waals surface area (Å²) in [6.45, 7) is 2.44. The summed E-state index contributed by atoms with van der Waals surface area (Å²) in [6, 6.07) is 2.15. The molecule has 0 amide bonds. The van der Waals surface area contributed by atoms with Gasteiger partial charge in [-0.2, -0.15) is 15.5 Å². The first-order chi connectivity index (χ1) is 7.72. The van der Waals surface area contributed by atoms with E-state index in [1.54, 1.807) is 10.9 Å². The third-order valence-electron chi connectivity index (χ3n) is 2.35. The molecule has 0 radical (unpaired) electrons. The van der Waals surface area contributed by atoms with Crippen LogP contribution in [0.2, 0.25) is 0 Å². The minimum absolute atomic E-state index is 0.589. The zero-order chi connectivity index (χ0) is 11.5. The molecule has 0 unspecified atom stereocenters. The highest BCUT2D eigenvalue weighted by molar-refractivity contribution is 5.55. The number of nitrogens with zero attached hydrogens (tertiary/aromatic N) is 4. The Morgan fingerprint density at radius 1 is 1.62 bits per heavy atom. The Balaban J connectivity index is 2.19. The number of nitrogens with one attached hydrogen (secondary N) is 2. The molecule has 0 saturated heterocycles. The highest BCUT2D eigenvalue weighted by atomic mass is 15.3. The molecule has 0 bridgehead atoms. The minimum Gasteiger partial charge on any atom is -0.365 e. The fraction of sp³-hybridized carbons (Fsp3) is 0.300. The molecule has 0 spiro atoms. The molecule has 16 heavy (non-hydrogen) atoms. The van der Waals surface area contributed by atoms with E-state index in [-0.39, 0.29) is 0 Å². The lowest BCUT2D eigenvalue weighted by molar-refractivity contribution is 0.758. The molecule has 0 aliphatic carbocycles. The van der Waals surface area contributed by atoms with Gasteiger partial charge in [-0.1, -0.05) is 0 Å². The predicted molar refractivity (Wildman–Crippen MR) is 58.6 cm³/mol. The van der Waals surface area contributed by atoms with E-state index in [2.05, 4.69) is 26.7 Å². The third kappa shape index (κ3) is 1.75. The Bertz CT molecular complexity index is 516. The van der Waals surface area contributed by atoms with Gasteiger partial charge in [-0.05, 0) is 6.92 Å². The maximum atomic E-state index is 9.01. The van der Waals surface area contributed by atoms with Gasteiger partial charge in [0.15, 0.2) is 0 Å². The molecule has 82 valence electrons. The molecule has 0 aromatic carbocycles. The van der Waals surface area contributed by atoms with Crippen molar-refractivity contribution in [2.75, 3.05) is 5.32 Å². The topological polar surface area (TPSA) is 82.3 Å². The molecule has 2 N–H and O–H groups in total. The second kappa shape index (κ2) is 4.06. The first-order valence-corrected chi connectivity index (χ1v) is 4.87. The number of anilines is 1. The number of hydrogen-bond donors (Lipinski definition) is 2. The second-order valence-corrected chi connectivity index (χ2v) is 3.50. The number of nitriles is 1. The second-order valence-electron chi connectivity index (χ2n) is 3.50. The van der Waals surface area contributed by atoms with Crippen molar-refractivity contribution in [3.05, 3.63) is 29.2 Å². The number of rotatable bonds is 3. The van der Waals surface area contributed by atoms with Gasteiger partial charge in [0.2, 0.25) is 0 Å². The highest BCUT2D eigenvalue weighted by Gasteiger charge is 2.12. The minimum atomic E-state index is 0.589. The maximum absolute atomic E-state index is 9.01. The van der Waals surface area contributed by atoms with Crippen molar-refractivity contribution < 1.29 is 0 Å².